The minimum Gasteiger partial charge on any atom is -0.508 e. The van der Waals surface area contributed by atoms with Gasteiger partial charge in [0.05, 0.1) is 7.11 Å². The number of ether oxygens (including phenoxy) is 1. The van der Waals surface area contributed by atoms with E-state index in [9.17, 15) is 4.79 Å². The molecule has 0 saturated heterocycles. The summed E-state index contributed by atoms with van der Waals surface area (Å²) in [6, 6.07) is 4.35. The highest BCUT2D eigenvalue weighted by molar-refractivity contribution is 5.94. The van der Waals surface area contributed by atoms with Gasteiger partial charge in [-0.3, -0.25) is 0 Å². The van der Waals surface area contributed by atoms with Crippen molar-refractivity contribution in [2.45, 2.75) is 0 Å². The molecule has 4 nitrogen and oxygen atoms in total. The summed E-state index contributed by atoms with van der Waals surface area (Å²) < 4.78 is 4.48. The second-order valence-corrected chi connectivity index (χ2v) is 2.33. The van der Waals surface area contributed by atoms with Gasteiger partial charge in [0.25, 0.3) is 0 Å². The Labute approximate surface area is 69.6 Å². The van der Waals surface area contributed by atoms with Crippen LogP contribution in [0, 0.1) is 0 Å². The number of carbonyl (C=O) groups excluding carboxylic acids is 1. The first kappa shape index (κ1) is 8.55. The number of esters is 1. The monoisotopic (exact) mass is 168 g/mol. The zero-order valence-electron chi connectivity index (χ0n) is 6.70. The molecule has 0 amide bonds. The van der Waals surface area contributed by atoms with Gasteiger partial charge in [-0.15, -0.1) is 0 Å². The lowest BCUT2D eigenvalue weighted by molar-refractivity contribution is -0.255. The van der Waals surface area contributed by atoms with Gasteiger partial charge in [-0.2, -0.15) is 0 Å². The first-order valence-electron chi connectivity index (χ1n) is 3.38. The molecule has 1 aromatic carbocycles. The maximum absolute atomic E-state index is 11.0. The van der Waals surface area contributed by atoms with Crippen molar-refractivity contribution < 1.29 is 20.4 Å². The van der Waals surface area contributed by atoms with Crippen molar-refractivity contribution in [3.63, 3.8) is 0 Å². The van der Waals surface area contributed by atoms with Crippen molar-refractivity contribution in [1.82, 2.24) is 0 Å². The summed E-state index contributed by atoms with van der Waals surface area (Å²) >= 11 is 0. The van der Waals surface area contributed by atoms with Crippen LogP contribution in [-0.4, -0.2) is 18.2 Å². The fourth-order valence-corrected chi connectivity index (χ4v) is 0.864. The summed E-state index contributed by atoms with van der Waals surface area (Å²) in [5.74, 6) is -0.460. The highest BCUT2D eigenvalue weighted by atomic mass is 16.5. The maximum atomic E-state index is 11.0. The molecule has 0 spiro atoms. The smallest absolute Gasteiger partial charge is 0.344 e. The van der Waals surface area contributed by atoms with E-state index >= 15 is 0 Å². The molecule has 0 radical (unpaired) electrons. The van der Waals surface area contributed by atoms with Crippen LogP contribution < -0.4 is 5.73 Å². The van der Waals surface area contributed by atoms with Crippen LogP contribution in [0.2, 0.25) is 0 Å². The van der Waals surface area contributed by atoms with E-state index in [-0.39, 0.29) is 11.3 Å². The molecule has 1 aromatic rings. The fraction of sp³-hybridized carbons (Fsp3) is 0.125. The summed E-state index contributed by atoms with van der Waals surface area (Å²) in [5, 5.41) is 9.05. The quantitative estimate of drug-likeness (QED) is 0.582. The van der Waals surface area contributed by atoms with E-state index in [2.05, 4.69) is 10.5 Å². The lowest BCUT2D eigenvalue weighted by Crippen LogP contribution is -2.42. The van der Waals surface area contributed by atoms with Crippen LogP contribution in [0.5, 0.6) is 5.75 Å². The van der Waals surface area contributed by atoms with E-state index in [0.717, 1.165) is 0 Å². The summed E-state index contributed by atoms with van der Waals surface area (Å²) in [7, 11) is 1.28. The standard InChI is InChI=1S/C8H9NO3/c1-12-8(11)6-4-5(10)2-3-7(6)9/h2-4,10H,9H2,1H3/p+1. The third-order valence-electron chi connectivity index (χ3n) is 1.50. The van der Waals surface area contributed by atoms with E-state index < -0.39 is 5.97 Å². The third kappa shape index (κ3) is 1.54. The number of rotatable bonds is 1. The molecule has 0 aromatic heterocycles. The third-order valence-corrected chi connectivity index (χ3v) is 1.50. The molecule has 4 N–H and O–H groups in total. The van der Waals surface area contributed by atoms with Crippen LogP contribution in [0.15, 0.2) is 18.2 Å². The predicted octanol–water partition coefficient (Wildman–Crippen LogP) is 0.0522. The van der Waals surface area contributed by atoms with Gasteiger partial charge in [0.2, 0.25) is 0 Å². The lowest BCUT2D eigenvalue weighted by Gasteiger charge is -2.00. The molecule has 0 aliphatic rings. The average molecular weight is 168 g/mol. The highest BCUT2D eigenvalue weighted by Crippen LogP contribution is 2.17. The topological polar surface area (TPSA) is 74.2 Å². The summed E-state index contributed by atoms with van der Waals surface area (Å²) in [4.78, 5) is 11.0. The van der Waals surface area contributed by atoms with E-state index in [4.69, 9.17) is 5.11 Å². The zero-order valence-corrected chi connectivity index (χ0v) is 6.70. The number of phenols is 1. The highest BCUT2D eigenvalue weighted by Gasteiger charge is 2.12. The van der Waals surface area contributed by atoms with E-state index in [1.807, 2.05) is 0 Å². The fourth-order valence-electron chi connectivity index (χ4n) is 0.864. The molecule has 4 heteroatoms. The Morgan fingerprint density at radius 1 is 1.58 bits per heavy atom. The van der Waals surface area contributed by atoms with Gasteiger partial charge in [-0.25, -0.2) is 4.79 Å². The molecule has 1 rings (SSSR count). The van der Waals surface area contributed by atoms with Crippen LogP contribution in [0.3, 0.4) is 0 Å². The maximum Gasteiger partial charge on any atom is 0.344 e. The van der Waals surface area contributed by atoms with E-state index in [0.29, 0.717) is 5.69 Å². The summed E-state index contributed by atoms with van der Waals surface area (Å²) in [5.41, 5.74) is 4.45. The number of quaternary nitrogens is 1. The first-order valence-corrected chi connectivity index (χ1v) is 3.38. The molecule has 64 valence electrons. The minimum absolute atomic E-state index is 0.0304. The summed E-state index contributed by atoms with van der Waals surface area (Å²) in [6.07, 6.45) is 0. The molecule has 0 saturated carbocycles. The number of hydrogen-bond acceptors (Lipinski definition) is 3. The van der Waals surface area contributed by atoms with Gasteiger partial charge in [-0.05, 0) is 6.07 Å². The van der Waals surface area contributed by atoms with Crippen LogP contribution in [0.1, 0.15) is 10.4 Å². The average Bonchev–Trinajstić information content (AvgIpc) is 2.08. The first-order chi connectivity index (χ1) is 5.65. The predicted molar refractivity (Wildman–Crippen MR) is 42.0 cm³/mol. The summed E-state index contributed by atoms with van der Waals surface area (Å²) in [6.45, 7) is 0. The SMILES string of the molecule is COC(=O)c1cc(O)ccc1[NH3+]. The van der Waals surface area contributed by atoms with Gasteiger partial charge in [0.1, 0.15) is 17.0 Å². The van der Waals surface area contributed by atoms with Crippen molar-refractivity contribution >= 4 is 11.7 Å². The van der Waals surface area contributed by atoms with Crippen LogP contribution in [-0.2, 0) is 4.74 Å². The van der Waals surface area contributed by atoms with E-state index in [1.54, 1.807) is 6.07 Å². The van der Waals surface area contributed by atoms with Gasteiger partial charge < -0.3 is 15.6 Å². The molecular weight excluding hydrogens is 158 g/mol. The van der Waals surface area contributed by atoms with Gasteiger partial charge >= 0.3 is 5.97 Å². The number of carbonyl (C=O) groups is 1. The van der Waals surface area contributed by atoms with Crippen LogP contribution in [0.25, 0.3) is 0 Å². The number of aromatic hydroxyl groups is 1. The molecular formula is C8H10NO3+. The van der Waals surface area contributed by atoms with Crippen LogP contribution >= 0.6 is 0 Å². The van der Waals surface area contributed by atoms with Crippen molar-refractivity contribution in [2.75, 3.05) is 7.11 Å². The number of phenolic OH excluding ortho intramolecular Hbond substituents is 1. The Balaban J connectivity index is 3.13. The Hall–Kier alpha value is -1.55. The largest absolute Gasteiger partial charge is 0.508 e. The molecule has 0 fully saturated rings. The van der Waals surface area contributed by atoms with Crippen molar-refractivity contribution in [2.24, 2.45) is 0 Å². The Morgan fingerprint density at radius 3 is 2.83 bits per heavy atom. The zero-order chi connectivity index (χ0) is 9.14. The normalized spacial score (nSPS) is 9.50. The molecule has 0 unspecified atom stereocenters. The molecule has 0 heterocycles. The number of methoxy groups -OCH3 is 1. The second-order valence-electron chi connectivity index (χ2n) is 2.33. The Bertz CT molecular complexity index is 309. The minimum atomic E-state index is -0.490. The van der Waals surface area contributed by atoms with E-state index in [1.165, 1.54) is 19.2 Å². The van der Waals surface area contributed by atoms with Crippen molar-refractivity contribution in [3.8, 4) is 5.75 Å². The van der Waals surface area contributed by atoms with Gasteiger partial charge in [-0.1, -0.05) is 0 Å². The molecule has 0 bridgehead atoms. The van der Waals surface area contributed by atoms with Crippen molar-refractivity contribution in [3.05, 3.63) is 23.8 Å². The number of benzene rings is 1. The molecule has 0 atom stereocenters. The Kier molecular flexibility index (Phi) is 2.30. The Morgan fingerprint density at radius 2 is 2.25 bits per heavy atom. The number of hydrogen-bond donors (Lipinski definition) is 2. The molecule has 0 aliphatic heterocycles. The van der Waals surface area contributed by atoms with Crippen LogP contribution in [0.4, 0.5) is 5.69 Å². The molecule has 12 heavy (non-hydrogen) atoms. The van der Waals surface area contributed by atoms with Crippen molar-refractivity contribution in [1.29, 1.82) is 0 Å². The van der Waals surface area contributed by atoms with Gasteiger partial charge in [0, 0.05) is 12.1 Å². The lowest BCUT2D eigenvalue weighted by atomic mass is 10.2. The van der Waals surface area contributed by atoms with Gasteiger partial charge in [0.15, 0.2) is 0 Å². The second kappa shape index (κ2) is 3.23. The molecule has 0 aliphatic carbocycles.